The highest BCUT2D eigenvalue weighted by atomic mass is 16.5. The predicted molar refractivity (Wildman–Crippen MR) is 104 cm³/mol. The highest BCUT2D eigenvalue weighted by molar-refractivity contribution is 5.95. The number of methoxy groups -OCH3 is 2. The number of aliphatic carboxylic acids is 1. The third kappa shape index (κ3) is 5.72. The molecule has 0 spiro atoms. The molecule has 2 aromatic carbocycles. The molecule has 0 aliphatic carbocycles. The van der Waals surface area contributed by atoms with E-state index in [0.717, 1.165) is 0 Å². The lowest BCUT2D eigenvalue weighted by molar-refractivity contribution is -0.138. The molecule has 150 valence electrons. The van der Waals surface area contributed by atoms with Gasteiger partial charge >= 0.3 is 5.97 Å². The van der Waals surface area contributed by atoms with E-state index in [1.807, 2.05) is 0 Å². The smallest absolute Gasteiger partial charge is 0.306 e. The number of hydrogen-bond acceptors (Lipinski definition) is 5. The van der Waals surface area contributed by atoms with Gasteiger partial charge in [0.25, 0.3) is 5.91 Å². The van der Waals surface area contributed by atoms with Gasteiger partial charge < -0.3 is 24.6 Å². The minimum absolute atomic E-state index is 0.282. The molecule has 1 amide bonds. The van der Waals surface area contributed by atoms with Crippen molar-refractivity contribution in [1.82, 2.24) is 5.32 Å². The Bertz CT molecular complexity index is 822. The SMILES string of the molecule is COCCOc1cccc(C(=O)NC(C)(CC(=O)O)c2cccc(OC)c2)c1. The van der Waals surface area contributed by atoms with Crippen LogP contribution in [0.3, 0.4) is 0 Å². The Morgan fingerprint density at radius 1 is 1.04 bits per heavy atom. The highest BCUT2D eigenvalue weighted by Crippen LogP contribution is 2.28. The standard InChI is InChI=1S/C21H25NO6/c1-21(14-19(23)24,16-7-5-8-17(13-16)27-3)22-20(25)15-6-4-9-18(12-15)28-11-10-26-2/h4-9,12-13H,10-11,14H2,1-3H3,(H,22,25)(H,23,24). The molecule has 0 aromatic heterocycles. The number of rotatable bonds is 10. The first-order valence-electron chi connectivity index (χ1n) is 8.78. The molecule has 2 N–H and O–H groups in total. The van der Waals surface area contributed by atoms with Crippen LogP contribution in [0, 0.1) is 0 Å². The molecule has 2 rings (SSSR count). The molecule has 0 fully saturated rings. The van der Waals surface area contributed by atoms with Gasteiger partial charge in [-0.3, -0.25) is 9.59 Å². The first-order chi connectivity index (χ1) is 13.4. The number of carbonyl (C=O) groups excluding carboxylic acids is 1. The van der Waals surface area contributed by atoms with E-state index >= 15 is 0 Å². The van der Waals surface area contributed by atoms with Crippen LogP contribution >= 0.6 is 0 Å². The summed E-state index contributed by atoms with van der Waals surface area (Å²) < 4.78 is 15.7. The monoisotopic (exact) mass is 387 g/mol. The third-order valence-corrected chi connectivity index (χ3v) is 4.25. The van der Waals surface area contributed by atoms with E-state index in [4.69, 9.17) is 14.2 Å². The van der Waals surface area contributed by atoms with Crippen molar-refractivity contribution in [3.05, 3.63) is 59.7 Å². The Kier molecular flexibility index (Phi) is 7.40. The second-order valence-corrected chi connectivity index (χ2v) is 6.46. The Labute approximate surface area is 164 Å². The van der Waals surface area contributed by atoms with Crippen molar-refractivity contribution < 1.29 is 28.9 Å². The van der Waals surface area contributed by atoms with Crippen molar-refractivity contribution in [2.75, 3.05) is 27.4 Å². The molecule has 1 unspecified atom stereocenters. The molecular weight excluding hydrogens is 362 g/mol. The van der Waals surface area contributed by atoms with Crippen LogP contribution in [0.25, 0.3) is 0 Å². The van der Waals surface area contributed by atoms with Gasteiger partial charge in [0.2, 0.25) is 0 Å². The first-order valence-corrected chi connectivity index (χ1v) is 8.78. The van der Waals surface area contributed by atoms with Crippen molar-refractivity contribution in [3.8, 4) is 11.5 Å². The molecule has 0 heterocycles. The van der Waals surface area contributed by atoms with Gasteiger partial charge in [0.05, 0.1) is 25.7 Å². The maximum atomic E-state index is 12.8. The molecule has 2 aromatic rings. The van der Waals surface area contributed by atoms with Crippen molar-refractivity contribution in [3.63, 3.8) is 0 Å². The Morgan fingerprint density at radius 2 is 1.75 bits per heavy atom. The molecule has 28 heavy (non-hydrogen) atoms. The van der Waals surface area contributed by atoms with Crippen LogP contribution < -0.4 is 14.8 Å². The number of hydrogen-bond donors (Lipinski definition) is 2. The Balaban J connectivity index is 2.25. The quantitative estimate of drug-likeness (QED) is 0.609. The summed E-state index contributed by atoms with van der Waals surface area (Å²) >= 11 is 0. The van der Waals surface area contributed by atoms with Crippen molar-refractivity contribution in [2.45, 2.75) is 18.9 Å². The number of nitrogens with one attached hydrogen (secondary N) is 1. The van der Waals surface area contributed by atoms with Crippen molar-refractivity contribution >= 4 is 11.9 Å². The fourth-order valence-electron chi connectivity index (χ4n) is 2.78. The van der Waals surface area contributed by atoms with Gasteiger partial charge in [0, 0.05) is 12.7 Å². The van der Waals surface area contributed by atoms with E-state index in [-0.39, 0.29) is 6.42 Å². The van der Waals surface area contributed by atoms with E-state index in [0.29, 0.717) is 35.8 Å². The lowest BCUT2D eigenvalue weighted by atomic mass is 9.88. The van der Waals surface area contributed by atoms with Crippen molar-refractivity contribution in [1.29, 1.82) is 0 Å². The molecule has 0 saturated carbocycles. The maximum absolute atomic E-state index is 12.8. The van der Waals surface area contributed by atoms with Crippen LogP contribution in [0.5, 0.6) is 11.5 Å². The molecule has 1 atom stereocenters. The van der Waals surface area contributed by atoms with Crippen LogP contribution in [0.4, 0.5) is 0 Å². The van der Waals surface area contributed by atoms with Crippen LogP contribution in [0.15, 0.2) is 48.5 Å². The van der Waals surface area contributed by atoms with Crippen LogP contribution in [0.2, 0.25) is 0 Å². The predicted octanol–water partition coefficient (Wildman–Crippen LogP) is 2.84. The summed E-state index contributed by atoms with van der Waals surface area (Å²) in [5, 5.41) is 12.2. The average Bonchev–Trinajstić information content (AvgIpc) is 2.68. The van der Waals surface area contributed by atoms with Crippen molar-refractivity contribution in [2.24, 2.45) is 0 Å². The molecule has 0 aliphatic heterocycles. The molecule has 0 aliphatic rings. The summed E-state index contributed by atoms with van der Waals surface area (Å²) in [5.74, 6) is -0.311. The third-order valence-electron chi connectivity index (χ3n) is 4.25. The van der Waals surface area contributed by atoms with Gasteiger partial charge in [-0.2, -0.15) is 0 Å². The maximum Gasteiger partial charge on any atom is 0.306 e. The zero-order chi connectivity index (χ0) is 20.6. The van der Waals surface area contributed by atoms with Crippen LogP contribution in [-0.2, 0) is 15.1 Å². The summed E-state index contributed by atoms with van der Waals surface area (Å²) in [4.78, 5) is 24.3. The zero-order valence-corrected chi connectivity index (χ0v) is 16.2. The number of benzene rings is 2. The summed E-state index contributed by atoms with van der Waals surface area (Å²) in [6.45, 7) is 2.47. The normalized spacial score (nSPS) is 12.7. The second kappa shape index (κ2) is 9.75. The topological polar surface area (TPSA) is 94.1 Å². The highest BCUT2D eigenvalue weighted by Gasteiger charge is 2.32. The van der Waals surface area contributed by atoms with E-state index < -0.39 is 17.4 Å². The molecule has 0 saturated heterocycles. The minimum Gasteiger partial charge on any atom is -0.497 e. The largest absolute Gasteiger partial charge is 0.497 e. The summed E-state index contributed by atoms with van der Waals surface area (Å²) in [6.07, 6.45) is -0.282. The van der Waals surface area contributed by atoms with E-state index in [9.17, 15) is 14.7 Å². The van der Waals surface area contributed by atoms with Gasteiger partial charge in [-0.25, -0.2) is 0 Å². The van der Waals surface area contributed by atoms with Gasteiger partial charge in [-0.05, 0) is 42.8 Å². The van der Waals surface area contributed by atoms with E-state index in [2.05, 4.69) is 5.32 Å². The van der Waals surface area contributed by atoms with Gasteiger partial charge in [-0.15, -0.1) is 0 Å². The first kappa shape index (κ1) is 21.2. The van der Waals surface area contributed by atoms with E-state index in [1.54, 1.807) is 62.6 Å². The van der Waals surface area contributed by atoms with Gasteiger partial charge in [-0.1, -0.05) is 18.2 Å². The molecule has 0 bridgehead atoms. The summed E-state index contributed by atoms with van der Waals surface area (Å²) in [5.41, 5.74) is -0.116. The fourth-order valence-corrected chi connectivity index (χ4v) is 2.78. The number of ether oxygens (including phenoxy) is 3. The number of carboxylic acid groups (broad SMARTS) is 1. The van der Waals surface area contributed by atoms with Gasteiger partial charge in [0.1, 0.15) is 18.1 Å². The minimum atomic E-state index is -1.12. The Hall–Kier alpha value is -3.06. The number of carbonyl (C=O) groups is 2. The second-order valence-electron chi connectivity index (χ2n) is 6.46. The summed E-state index contributed by atoms with van der Waals surface area (Å²) in [7, 11) is 3.11. The van der Waals surface area contributed by atoms with E-state index in [1.165, 1.54) is 7.11 Å². The molecule has 7 heteroatoms. The lowest BCUT2D eigenvalue weighted by Gasteiger charge is -2.30. The molecular formula is C21H25NO6. The fraction of sp³-hybridized carbons (Fsp3) is 0.333. The van der Waals surface area contributed by atoms with Crippen LogP contribution in [0.1, 0.15) is 29.3 Å². The Morgan fingerprint density at radius 3 is 2.43 bits per heavy atom. The molecule has 7 nitrogen and oxygen atoms in total. The summed E-state index contributed by atoms with van der Waals surface area (Å²) in [6, 6.07) is 13.7. The number of amides is 1. The average molecular weight is 387 g/mol. The molecule has 0 radical (unpaired) electrons. The number of carboxylic acids is 1. The van der Waals surface area contributed by atoms with Crippen LogP contribution in [-0.4, -0.2) is 44.4 Å². The van der Waals surface area contributed by atoms with Gasteiger partial charge in [0.15, 0.2) is 0 Å². The lowest BCUT2D eigenvalue weighted by Crippen LogP contribution is -2.45. The zero-order valence-electron chi connectivity index (χ0n) is 16.2.